The van der Waals surface area contributed by atoms with E-state index in [2.05, 4.69) is 30.3 Å². The number of ether oxygens (including phenoxy) is 1. The van der Waals surface area contributed by atoms with E-state index in [1.807, 2.05) is 32.9 Å². The molecule has 2 aliphatic rings. The standard InChI is InChI=1S/C24H27NO3/c1-24(2,3)28-23(27)25-13-11-16(12-14-25)22(26)20-10-6-9-19-18-8-5-4-7-17(18)15-21(19)20/h4-10,16H,11-15H2,1-3H3. The van der Waals surface area contributed by atoms with Crippen molar-refractivity contribution in [1.82, 2.24) is 4.90 Å². The van der Waals surface area contributed by atoms with Crippen molar-refractivity contribution in [3.63, 3.8) is 0 Å². The van der Waals surface area contributed by atoms with Crippen molar-refractivity contribution in [3.8, 4) is 11.1 Å². The van der Waals surface area contributed by atoms with E-state index in [-0.39, 0.29) is 17.8 Å². The quantitative estimate of drug-likeness (QED) is 0.585. The van der Waals surface area contributed by atoms with E-state index < -0.39 is 5.60 Å². The van der Waals surface area contributed by atoms with Crippen LogP contribution in [0.3, 0.4) is 0 Å². The Labute approximate surface area is 166 Å². The minimum Gasteiger partial charge on any atom is -0.444 e. The summed E-state index contributed by atoms with van der Waals surface area (Å²) >= 11 is 0. The van der Waals surface area contributed by atoms with Crippen LogP contribution in [0.1, 0.15) is 55.1 Å². The molecule has 0 saturated carbocycles. The number of benzene rings is 2. The molecular weight excluding hydrogens is 350 g/mol. The van der Waals surface area contributed by atoms with Gasteiger partial charge in [-0.3, -0.25) is 4.79 Å². The fourth-order valence-corrected chi connectivity index (χ4v) is 4.26. The number of carbonyl (C=O) groups is 2. The topological polar surface area (TPSA) is 46.6 Å². The zero-order valence-electron chi connectivity index (χ0n) is 16.8. The Kier molecular flexibility index (Phi) is 4.74. The van der Waals surface area contributed by atoms with E-state index >= 15 is 0 Å². The molecule has 0 atom stereocenters. The lowest BCUT2D eigenvalue weighted by Gasteiger charge is -2.33. The highest BCUT2D eigenvalue weighted by Crippen LogP contribution is 2.39. The predicted molar refractivity (Wildman–Crippen MR) is 110 cm³/mol. The normalized spacial score (nSPS) is 16.5. The van der Waals surface area contributed by atoms with Gasteiger partial charge in [0.2, 0.25) is 0 Å². The number of piperidine rings is 1. The summed E-state index contributed by atoms with van der Waals surface area (Å²) < 4.78 is 5.46. The number of likely N-dealkylation sites (tertiary alicyclic amines) is 1. The first-order valence-corrected chi connectivity index (χ1v) is 10.1. The molecule has 0 unspecified atom stereocenters. The molecule has 0 radical (unpaired) electrons. The van der Waals surface area contributed by atoms with Gasteiger partial charge in [0.05, 0.1) is 0 Å². The molecule has 0 spiro atoms. The third kappa shape index (κ3) is 3.56. The summed E-state index contributed by atoms with van der Waals surface area (Å²) in [5.74, 6) is 0.183. The second kappa shape index (κ2) is 7.08. The minimum absolute atomic E-state index is 0.0334. The van der Waals surface area contributed by atoms with Gasteiger partial charge in [0, 0.05) is 24.6 Å². The molecule has 0 N–H and O–H groups in total. The van der Waals surface area contributed by atoms with E-state index in [0.29, 0.717) is 25.9 Å². The molecule has 4 nitrogen and oxygen atoms in total. The van der Waals surface area contributed by atoms with Crippen molar-refractivity contribution in [1.29, 1.82) is 0 Å². The number of rotatable bonds is 2. The van der Waals surface area contributed by atoms with Gasteiger partial charge in [-0.1, -0.05) is 42.5 Å². The van der Waals surface area contributed by atoms with Crippen LogP contribution in [0.15, 0.2) is 42.5 Å². The number of Topliss-reactive ketones (excluding diaryl/α,β-unsaturated/α-hetero) is 1. The Morgan fingerprint density at radius 2 is 1.64 bits per heavy atom. The van der Waals surface area contributed by atoms with Crippen molar-refractivity contribution < 1.29 is 14.3 Å². The molecule has 0 aromatic heterocycles. The number of nitrogens with zero attached hydrogens (tertiary/aromatic N) is 1. The molecule has 1 amide bonds. The summed E-state index contributed by atoms with van der Waals surface area (Å²) in [4.78, 5) is 27.3. The van der Waals surface area contributed by atoms with Crippen molar-refractivity contribution in [2.45, 2.75) is 45.6 Å². The highest BCUT2D eigenvalue weighted by molar-refractivity contribution is 6.02. The minimum atomic E-state index is -0.497. The first-order valence-electron chi connectivity index (χ1n) is 10.1. The molecular formula is C24H27NO3. The fraction of sp³-hybridized carbons (Fsp3) is 0.417. The van der Waals surface area contributed by atoms with Crippen LogP contribution in [0.4, 0.5) is 4.79 Å². The molecule has 28 heavy (non-hydrogen) atoms. The van der Waals surface area contributed by atoms with Crippen LogP contribution in [0.2, 0.25) is 0 Å². The summed E-state index contributed by atoms with van der Waals surface area (Å²) in [6, 6.07) is 14.4. The smallest absolute Gasteiger partial charge is 0.410 e. The highest BCUT2D eigenvalue weighted by Gasteiger charge is 2.32. The molecule has 2 aromatic carbocycles. The fourth-order valence-electron chi connectivity index (χ4n) is 4.26. The highest BCUT2D eigenvalue weighted by atomic mass is 16.6. The second-order valence-electron chi connectivity index (χ2n) is 8.77. The SMILES string of the molecule is CC(C)(C)OC(=O)N1CCC(C(=O)c2cccc3c2Cc2ccccc2-3)CC1. The van der Waals surface area contributed by atoms with Gasteiger partial charge < -0.3 is 9.64 Å². The Morgan fingerprint density at radius 3 is 2.36 bits per heavy atom. The van der Waals surface area contributed by atoms with E-state index in [1.54, 1.807) is 4.90 Å². The number of carbonyl (C=O) groups excluding carboxylic acids is 2. The van der Waals surface area contributed by atoms with Crippen LogP contribution in [0, 0.1) is 5.92 Å². The van der Waals surface area contributed by atoms with Crippen LogP contribution in [-0.4, -0.2) is 35.5 Å². The van der Waals surface area contributed by atoms with Crippen molar-refractivity contribution in [2.24, 2.45) is 5.92 Å². The lowest BCUT2D eigenvalue weighted by molar-refractivity contribution is 0.0182. The largest absolute Gasteiger partial charge is 0.444 e. The molecule has 146 valence electrons. The van der Waals surface area contributed by atoms with Crippen molar-refractivity contribution in [2.75, 3.05) is 13.1 Å². The van der Waals surface area contributed by atoms with E-state index in [0.717, 1.165) is 17.5 Å². The van der Waals surface area contributed by atoms with Gasteiger partial charge in [-0.25, -0.2) is 4.79 Å². The Bertz CT molecular complexity index is 918. The molecule has 4 heteroatoms. The van der Waals surface area contributed by atoms with Gasteiger partial charge in [0.25, 0.3) is 0 Å². The van der Waals surface area contributed by atoms with Crippen LogP contribution in [0.5, 0.6) is 0 Å². The molecule has 1 aliphatic heterocycles. The number of amides is 1. The molecule has 4 rings (SSSR count). The number of fused-ring (bicyclic) bond motifs is 3. The van der Waals surface area contributed by atoms with Crippen LogP contribution < -0.4 is 0 Å². The number of hydrogen-bond donors (Lipinski definition) is 0. The lowest BCUT2D eigenvalue weighted by Crippen LogP contribution is -2.43. The van der Waals surface area contributed by atoms with Gasteiger partial charge in [0.1, 0.15) is 5.60 Å². The van der Waals surface area contributed by atoms with Gasteiger partial charge in [-0.15, -0.1) is 0 Å². The summed E-state index contributed by atoms with van der Waals surface area (Å²) in [6.07, 6.45) is 1.92. The van der Waals surface area contributed by atoms with E-state index in [9.17, 15) is 9.59 Å². The first-order chi connectivity index (χ1) is 13.3. The Hall–Kier alpha value is -2.62. The summed E-state index contributed by atoms with van der Waals surface area (Å²) in [6.45, 7) is 6.75. The molecule has 2 aromatic rings. The molecule has 1 heterocycles. The third-order valence-electron chi connectivity index (χ3n) is 5.63. The zero-order chi connectivity index (χ0) is 19.9. The van der Waals surface area contributed by atoms with E-state index in [1.165, 1.54) is 16.7 Å². The molecule has 1 aliphatic carbocycles. The van der Waals surface area contributed by atoms with Crippen LogP contribution in [-0.2, 0) is 11.2 Å². The lowest BCUT2D eigenvalue weighted by atomic mass is 9.86. The van der Waals surface area contributed by atoms with Crippen molar-refractivity contribution in [3.05, 3.63) is 59.2 Å². The third-order valence-corrected chi connectivity index (χ3v) is 5.63. The monoisotopic (exact) mass is 377 g/mol. The molecule has 1 saturated heterocycles. The predicted octanol–water partition coefficient (Wildman–Crippen LogP) is 5.09. The van der Waals surface area contributed by atoms with Gasteiger partial charge in [-0.2, -0.15) is 0 Å². The second-order valence-corrected chi connectivity index (χ2v) is 8.77. The van der Waals surface area contributed by atoms with Crippen LogP contribution >= 0.6 is 0 Å². The average Bonchev–Trinajstić information content (AvgIpc) is 3.05. The molecule has 1 fully saturated rings. The zero-order valence-corrected chi connectivity index (χ0v) is 16.8. The Morgan fingerprint density at radius 1 is 0.964 bits per heavy atom. The van der Waals surface area contributed by atoms with Crippen molar-refractivity contribution >= 4 is 11.9 Å². The van der Waals surface area contributed by atoms with Gasteiger partial charge in [0.15, 0.2) is 5.78 Å². The maximum Gasteiger partial charge on any atom is 0.410 e. The Balaban J connectivity index is 1.47. The van der Waals surface area contributed by atoms with E-state index in [4.69, 9.17) is 4.74 Å². The van der Waals surface area contributed by atoms with Crippen LogP contribution in [0.25, 0.3) is 11.1 Å². The number of hydrogen-bond acceptors (Lipinski definition) is 3. The maximum absolute atomic E-state index is 13.3. The summed E-state index contributed by atoms with van der Waals surface area (Å²) in [5, 5.41) is 0. The first kappa shape index (κ1) is 18.7. The number of ketones is 1. The maximum atomic E-state index is 13.3. The molecule has 0 bridgehead atoms. The summed E-state index contributed by atoms with van der Waals surface area (Å²) in [7, 11) is 0. The average molecular weight is 377 g/mol. The van der Waals surface area contributed by atoms with Gasteiger partial charge in [-0.05, 0) is 62.3 Å². The summed E-state index contributed by atoms with van der Waals surface area (Å²) in [5.41, 5.74) is 5.23. The van der Waals surface area contributed by atoms with Gasteiger partial charge >= 0.3 is 6.09 Å².